The molecule has 3 aromatic rings. The number of piperazine rings is 1. The first-order valence-electron chi connectivity index (χ1n) is 13.3. The normalized spacial score (nSPS) is 24.3. The maximum absolute atomic E-state index is 13.9. The quantitative estimate of drug-likeness (QED) is 0.503. The number of hydrogen-bond acceptors (Lipinski definition) is 6. The Balaban J connectivity index is 1.28. The van der Waals surface area contributed by atoms with Crippen molar-refractivity contribution in [3.63, 3.8) is 0 Å². The maximum Gasteiger partial charge on any atom is 0.350 e. The molecule has 1 saturated heterocycles. The Morgan fingerprint density at radius 2 is 1.89 bits per heavy atom. The van der Waals surface area contributed by atoms with E-state index in [1.807, 2.05) is 28.8 Å². The van der Waals surface area contributed by atoms with E-state index in [-0.39, 0.29) is 36.5 Å². The van der Waals surface area contributed by atoms with Crippen molar-refractivity contribution in [2.75, 3.05) is 24.5 Å². The van der Waals surface area contributed by atoms with Crippen LogP contribution in [0.5, 0.6) is 0 Å². The highest BCUT2D eigenvalue weighted by Gasteiger charge is 2.50. The molecule has 0 bridgehead atoms. The number of fused-ring (bicyclic) bond motifs is 1. The smallest absolute Gasteiger partial charge is 0.350 e. The van der Waals surface area contributed by atoms with Gasteiger partial charge in [0.1, 0.15) is 11.2 Å². The first kappa shape index (κ1) is 25.7. The molecule has 2 aromatic heterocycles. The summed E-state index contributed by atoms with van der Waals surface area (Å²) in [5.74, 6) is -2.20. The van der Waals surface area contributed by atoms with E-state index in [1.165, 1.54) is 4.57 Å². The van der Waals surface area contributed by atoms with E-state index in [1.54, 1.807) is 13.4 Å². The van der Waals surface area contributed by atoms with Crippen LogP contribution in [0.25, 0.3) is 11.2 Å². The van der Waals surface area contributed by atoms with E-state index in [9.17, 15) is 18.7 Å². The number of imidazole rings is 1. The van der Waals surface area contributed by atoms with Gasteiger partial charge in [0.05, 0.1) is 18.5 Å². The zero-order chi connectivity index (χ0) is 26.8. The van der Waals surface area contributed by atoms with Gasteiger partial charge in [-0.2, -0.15) is 4.98 Å². The van der Waals surface area contributed by atoms with Gasteiger partial charge in [-0.05, 0) is 49.8 Å². The third-order valence-electron chi connectivity index (χ3n) is 8.68. The highest BCUT2D eigenvalue weighted by atomic mass is 35.5. The second kappa shape index (κ2) is 9.27. The van der Waals surface area contributed by atoms with Gasteiger partial charge in [-0.3, -0.25) is 9.47 Å². The lowest BCUT2D eigenvalue weighted by molar-refractivity contribution is -0.133. The summed E-state index contributed by atoms with van der Waals surface area (Å²) in [7, 11) is 1.68. The van der Waals surface area contributed by atoms with Crippen LogP contribution in [0.1, 0.15) is 50.6 Å². The van der Waals surface area contributed by atoms with Crippen LogP contribution >= 0.6 is 11.6 Å². The number of aryl methyl sites for hydroxylation is 1. The van der Waals surface area contributed by atoms with Crippen LogP contribution in [0, 0.1) is 5.92 Å². The summed E-state index contributed by atoms with van der Waals surface area (Å²) in [5, 5.41) is 11.4. The fourth-order valence-corrected chi connectivity index (χ4v) is 6.62. The summed E-state index contributed by atoms with van der Waals surface area (Å²) in [4.78, 5) is 26.3. The van der Waals surface area contributed by atoms with Gasteiger partial charge in [0.15, 0.2) is 5.82 Å². The number of aromatic nitrogens is 4. The SMILES string of the molecule is CC1CN(C(c2ccc(Cl)cc2)C2CC(F)(F)C2)CCN1c1nc(=O)n(C)c2c1ncn2CC1(O)CCC1. The summed E-state index contributed by atoms with van der Waals surface area (Å²) in [5.41, 5.74) is 1.13. The van der Waals surface area contributed by atoms with Crippen molar-refractivity contribution < 1.29 is 13.9 Å². The van der Waals surface area contributed by atoms with Crippen molar-refractivity contribution in [3.8, 4) is 0 Å². The number of aliphatic hydroxyl groups is 1. The predicted octanol–water partition coefficient (Wildman–Crippen LogP) is 4.00. The summed E-state index contributed by atoms with van der Waals surface area (Å²) in [6.45, 7) is 4.31. The van der Waals surface area contributed by atoms with Crippen molar-refractivity contribution >= 4 is 28.6 Å². The van der Waals surface area contributed by atoms with Crippen LogP contribution in [0.15, 0.2) is 35.4 Å². The molecule has 3 fully saturated rings. The molecule has 38 heavy (non-hydrogen) atoms. The molecule has 6 rings (SSSR count). The van der Waals surface area contributed by atoms with Crippen LogP contribution < -0.4 is 10.6 Å². The molecular weight excluding hydrogens is 514 g/mol. The fourth-order valence-electron chi connectivity index (χ4n) is 6.50. The molecule has 2 unspecified atom stereocenters. The average Bonchev–Trinajstić information content (AvgIpc) is 3.24. The van der Waals surface area contributed by atoms with Crippen molar-refractivity contribution in [1.82, 2.24) is 24.0 Å². The van der Waals surface area contributed by atoms with Crippen molar-refractivity contribution in [3.05, 3.63) is 51.7 Å². The monoisotopic (exact) mass is 546 g/mol. The number of halogens is 3. The van der Waals surface area contributed by atoms with E-state index in [0.717, 1.165) is 24.8 Å². The van der Waals surface area contributed by atoms with Crippen LogP contribution in [0.3, 0.4) is 0 Å². The molecule has 3 aliphatic rings. The lowest BCUT2D eigenvalue weighted by Crippen LogP contribution is -2.56. The Hall–Kier alpha value is -2.56. The standard InChI is InChI=1S/C27H33ClF2N6O2/c1-17-14-34(22(19-12-27(29,30)13-19)18-4-6-20(28)7-5-18)10-11-36(17)23-21-24(33(2)25(37)32-23)35(16-31-21)15-26(38)8-3-9-26/h4-7,16-17,19,22,38H,3,8-15H2,1-2H3. The van der Waals surface area contributed by atoms with Crippen LogP contribution in [-0.4, -0.2) is 66.3 Å². The minimum absolute atomic E-state index is 0.0251. The Bertz CT molecular complexity index is 1400. The van der Waals surface area contributed by atoms with Crippen LogP contribution in [0.2, 0.25) is 5.02 Å². The van der Waals surface area contributed by atoms with Gasteiger partial charge in [0, 0.05) is 56.6 Å². The second-order valence-electron chi connectivity index (χ2n) is 11.5. The Labute approximate surface area is 224 Å². The molecule has 0 radical (unpaired) electrons. The molecule has 0 amide bonds. The average molecular weight is 547 g/mol. The van der Waals surface area contributed by atoms with Crippen LogP contribution in [0.4, 0.5) is 14.6 Å². The summed E-state index contributed by atoms with van der Waals surface area (Å²) in [6.07, 6.45) is 3.91. The molecule has 204 valence electrons. The molecule has 8 nitrogen and oxygen atoms in total. The molecular formula is C27H33ClF2N6O2. The number of benzene rings is 1. The van der Waals surface area contributed by atoms with Crippen molar-refractivity contribution in [1.29, 1.82) is 0 Å². The highest BCUT2D eigenvalue weighted by molar-refractivity contribution is 6.30. The largest absolute Gasteiger partial charge is 0.388 e. The zero-order valence-electron chi connectivity index (χ0n) is 21.7. The van der Waals surface area contributed by atoms with E-state index in [2.05, 4.69) is 26.7 Å². The van der Waals surface area contributed by atoms with Gasteiger partial charge < -0.3 is 14.6 Å². The lowest BCUT2D eigenvalue weighted by Gasteiger charge is -2.49. The summed E-state index contributed by atoms with van der Waals surface area (Å²) in [6, 6.07) is 7.36. The molecule has 2 aliphatic carbocycles. The highest BCUT2D eigenvalue weighted by Crippen LogP contribution is 2.50. The van der Waals surface area contributed by atoms with E-state index in [0.29, 0.717) is 48.2 Å². The number of hydrogen-bond donors (Lipinski definition) is 1. The van der Waals surface area contributed by atoms with Gasteiger partial charge in [0.2, 0.25) is 5.92 Å². The minimum Gasteiger partial charge on any atom is -0.388 e. The predicted molar refractivity (Wildman–Crippen MR) is 142 cm³/mol. The van der Waals surface area contributed by atoms with Gasteiger partial charge in [-0.15, -0.1) is 0 Å². The Morgan fingerprint density at radius 3 is 2.50 bits per heavy atom. The van der Waals surface area contributed by atoms with Crippen LogP contribution in [-0.2, 0) is 13.6 Å². The number of anilines is 1. The third-order valence-corrected chi connectivity index (χ3v) is 8.93. The molecule has 2 saturated carbocycles. The fraction of sp³-hybridized carbons (Fsp3) is 0.593. The second-order valence-corrected chi connectivity index (χ2v) is 11.9. The topological polar surface area (TPSA) is 79.4 Å². The zero-order valence-corrected chi connectivity index (χ0v) is 22.4. The number of rotatable bonds is 6. The molecule has 0 spiro atoms. The minimum atomic E-state index is -2.60. The van der Waals surface area contributed by atoms with Gasteiger partial charge in [-0.1, -0.05) is 23.7 Å². The first-order chi connectivity index (χ1) is 18.0. The molecule has 3 heterocycles. The Kier molecular flexibility index (Phi) is 6.27. The van der Waals surface area contributed by atoms with Gasteiger partial charge >= 0.3 is 5.69 Å². The van der Waals surface area contributed by atoms with Crippen molar-refractivity contribution in [2.24, 2.45) is 13.0 Å². The van der Waals surface area contributed by atoms with Gasteiger partial charge in [0.25, 0.3) is 0 Å². The summed E-state index contributed by atoms with van der Waals surface area (Å²) < 4.78 is 31.1. The number of nitrogens with zero attached hydrogens (tertiary/aromatic N) is 6. The van der Waals surface area contributed by atoms with Gasteiger partial charge in [-0.25, -0.2) is 18.6 Å². The third kappa shape index (κ3) is 4.50. The first-order valence-corrected chi connectivity index (χ1v) is 13.7. The van der Waals surface area contributed by atoms with E-state index in [4.69, 9.17) is 11.6 Å². The molecule has 2 atom stereocenters. The molecule has 11 heteroatoms. The molecule has 1 aromatic carbocycles. The maximum atomic E-state index is 13.9. The summed E-state index contributed by atoms with van der Waals surface area (Å²) >= 11 is 6.11. The molecule has 1 N–H and O–H groups in total. The van der Waals surface area contributed by atoms with E-state index < -0.39 is 11.5 Å². The molecule has 1 aliphatic heterocycles. The number of alkyl halides is 2. The lowest BCUT2D eigenvalue weighted by atomic mass is 9.73. The Morgan fingerprint density at radius 1 is 1.18 bits per heavy atom. The van der Waals surface area contributed by atoms with Crippen molar-refractivity contribution in [2.45, 2.75) is 69.2 Å². The van der Waals surface area contributed by atoms with E-state index >= 15 is 0 Å².